The number of aryl methyl sites for hydroxylation is 1. The number of hydrogen-bond donors (Lipinski definition) is 1. The fourth-order valence-corrected chi connectivity index (χ4v) is 3.55. The average Bonchev–Trinajstić information content (AvgIpc) is 3.50. The number of likely N-dealkylation sites (N-methyl/N-ethyl adjacent to an activating group) is 1. The molecule has 12 heteroatoms. The number of halogens is 2. The van der Waals surface area contributed by atoms with Gasteiger partial charge in [0.2, 0.25) is 12.3 Å². The molecular formula is C26H31F2N7O3. The van der Waals surface area contributed by atoms with Crippen molar-refractivity contribution in [2.45, 2.75) is 40.1 Å². The number of amides is 2. The van der Waals surface area contributed by atoms with Crippen LogP contribution in [-0.4, -0.2) is 68.2 Å². The molecule has 0 fully saturated rings. The number of rotatable bonds is 9. The Morgan fingerprint density at radius 2 is 2.00 bits per heavy atom. The lowest BCUT2D eigenvalue weighted by atomic mass is 10.0. The quantitative estimate of drug-likeness (QED) is 0.350. The number of alkyl halides is 2. The fourth-order valence-electron chi connectivity index (χ4n) is 3.55. The van der Waals surface area contributed by atoms with E-state index in [1.807, 2.05) is 13.8 Å². The second-order valence-corrected chi connectivity index (χ2v) is 8.21. The van der Waals surface area contributed by atoms with Crippen molar-refractivity contribution in [3.05, 3.63) is 60.2 Å². The van der Waals surface area contributed by atoms with E-state index in [-0.39, 0.29) is 41.6 Å². The zero-order chi connectivity index (χ0) is 27.8. The van der Waals surface area contributed by atoms with Gasteiger partial charge in [0.25, 0.3) is 5.91 Å². The Bertz CT molecular complexity index is 1400. The molecule has 0 radical (unpaired) electrons. The van der Waals surface area contributed by atoms with Crippen molar-refractivity contribution in [3.8, 4) is 17.0 Å². The van der Waals surface area contributed by atoms with Crippen LogP contribution in [-0.2, 0) is 17.8 Å². The van der Waals surface area contributed by atoms with Crippen LogP contribution < -0.4 is 10.1 Å². The zero-order valence-corrected chi connectivity index (χ0v) is 22.0. The Labute approximate surface area is 219 Å². The Morgan fingerprint density at radius 3 is 2.68 bits per heavy atom. The van der Waals surface area contributed by atoms with Crippen LogP contribution in [0, 0.1) is 0 Å². The first-order valence-corrected chi connectivity index (χ1v) is 12.1. The molecule has 0 spiro atoms. The van der Waals surface area contributed by atoms with E-state index in [0.717, 1.165) is 0 Å². The molecule has 3 aromatic heterocycles. The molecule has 0 saturated carbocycles. The monoisotopic (exact) mass is 527 g/mol. The van der Waals surface area contributed by atoms with Gasteiger partial charge in [-0.25, -0.2) is 13.9 Å². The largest absolute Gasteiger partial charge is 0.460 e. The molecule has 2 amide bonds. The van der Waals surface area contributed by atoms with Crippen LogP contribution >= 0.6 is 0 Å². The highest BCUT2D eigenvalue weighted by Crippen LogP contribution is 2.36. The number of ether oxygens (including phenoxy) is 1. The molecule has 0 bridgehead atoms. The van der Waals surface area contributed by atoms with Crippen molar-refractivity contribution in [1.29, 1.82) is 0 Å². The van der Waals surface area contributed by atoms with Crippen LogP contribution in [0.1, 0.15) is 36.7 Å². The Hall–Kier alpha value is -4.35. The Kier molecular flexibility index (Phi) is 9.47. The summed E-state index contributed by atoms with van der Waals surface area (Å²) in [7, 11) is 3.23. The highest BCUT2D eigenvalue weighted by atomic mass is 19.1. The first-order chi connectivity index (χ1) is 18.3. The number of nitrogens with zero attached hydrogens (tertiary/aromatic N) is 6. The third kappa shape index (κ3) is 6.50. The summed E-state index contributed by atoms with van der Waals surface area (Å²) in [5.74, 6) is -0.580. The maximum atomic E-state index is 13.8. The van der Waals surface area contributed by atoms with Crippen LogP contribution in [0.5, 0.6) is 5.75 Å². The molecule has 0 aliphatic carbocycles. The second kappa shape index (κ2) is 12.7. The van der Waals surface area contributed by atoms with Gasteiger partial charge in [-0.05, 0) is 23.8 Å². The number of fused-ring (bicyclic) bond motifs is 1. The molecule has 4 rings (SSSR count). The first-order valence-electron chi connectivity index (χ1n) is 12.1. The molecule has 1 unspecified atom stereocenters. The molecule has 1 N–H and O–H groups in total. The van der Waals surface area contributed by atoms with Crippen molar-refractivity contribution in [1.82, 2.24) is 29.3 Å². The highest BCUT2D eigenvalue weighted by Gasteiger charge is 2.22. The summed E-state index contributed by atoms with van der Waals surface area (Å²) >= 11 is 0. The topological polar surface area (TPSA) is 107 Å². The second-order valence-electron chi connectivity index (χ2n) is 8.21. The summed E-state index contributed by atoms with van der Waals surface area (Å²) in [6, 6.07) is 6.48. The lowest BCUT2D eigenvalue weighted by Gasteiger charge is -2.14. The number of aromatic nitrogens is 5. The number of benzene rings is 1. The van der Waals surface area contributed by atoms with E-state index in [0.29, 0.717) is 16.8 Å². The highest BCUT2D eigenvalue weighted by molar-refractivity contribution is 6.09. The van der Waals surface area contributed by atoms with Gasteiger partial charge in [0.05, 0.1) is 18.6 Å². The Balaban J connectivity index is 0.00000195. The van der Waals surface area contributed by atoms with Crippen LogP contribution in [0.3, 0.4) is 0 Å². The van der Waals surface area contributed by atoms with Gasteiger partial charge in [0.1, 0.15) is 23.6 Å². The summed E-state index contributed by atoms with van der Waals surface area (Å²) in [6.07, 6.45) is 4.59. The predicted molar refractivity (Wildman–Crippen MR) is 140 cm³/mol. The molecule has 1 aromatic carbocycles. The number of nitrogens with one attached hydrogen (secondary N) is 1. The molecule has 4 aromatic rings. The van der Waals surface area contributed by atoms with E-state index >= 15 is 0 Å². The van der Waals surface area contributed by atoms with Gasteiger partial charge in [-0.15, -0.1) is 0 Å². The van der Waals surface area contributed by atoms with E-state index in [4.69, 9.17) is 4.74 Å². The summed E-state index contributed by atoms with van der Waals surface area (Å²) < 4.78 is 35.0. The molecule has 10 nitrogen and oxygen atoms in total. The number of carbonyl (C=O) groups excluding carboxylic acids is 2. The van der Waals surface area contributed by atoms with E-state index in [2.05, 4.69) is 20.5 Å². The van der Waals surface area contributed by atoms with Crippen LogP contribution in [0.25, 0.3) is 16.9 Å². The number of anilines is 1. The summed E-state index contributed by atoms with van der Waals surface area (Å²) in [5.41, 5.74) is 2.03. The van der Waals surface area contributed by atoms with E-state index in [1.165, 1.54) is 39.5 Å². The molecule has 1 atom stereocenters. The number of carbonyl (C=O) groups is 2. The SMILES string of the molecule is CC.CC(F)Oc1ccc(CCF)cc1-c1nn(CC(=O)N(C)C)cc1NC(=O)c1cnn2cccnc12. The number of hydrogen-bond acceptors (Lipinski definition) is 6. The van der Waals surface area contributed by atoms with Crippen LogP contribution in [0.4, 0.5) is 14.5 Å². The molecular weight excluding hydrogens is 496 g/mol. The third-order valence-electron chi connectivity index (χ3n) is 5.30. The predicted octanol–water partition coefficient (Wildman–Crippen LogP) is 4.17. The minimum absolute atomic E-state index is 0.103. The summed E-state index contributed by atoms with van der Waals surface area (Å²) in [6.45, 7) is 4.54. The van der Waals surface area contributed by atoms with Crippen molar-refractivity contribution in [3.63, 3.8) is 0 Å². The van der Waals surface area contributed by atoms with Crippen LogP contribution in [0.2, 0.25) is 0 Å². The smallest absolute Gasteiger partial charge is 0.261 e. The molecule has 38 heavy (non-hydrogen) atoms. The lowest BCUT2D eigenvalue weighted by molar-refractivity contribution is -0.129. The van der Waals surface area contributed by atoms with Gasteiger partial charge in [-0.1, -0.05) is 19.9 Å². The maximum Gasteiger partial charge on any atom is 0.261 e. The van der Waals surface area contributed by atoms with E-state index < -0.39 is 18.9 Å². The van der Waals surface area contributed by atoms with Gasteiger partial charge < -0.3 is 15.0 Å². The fraction of sp³-hybridized carbons (Fsp3) is 0.346. The van der Waals surface area contributed by atoms with Gasteiger partial charge in [0.15, 0.2) is 5.65 Å². The maximum absolute atomic E-state index is 13.8. The van der Waals surface area contributed by atoms with Crippen molar-refractivity contribution >= 4 is 23.1 Å². The van der Waals surface area contributed by atoms with Crippen LogP contribution in [0.15, 0.2) is 49.1 Å². The average molecular weight is 528 g/mol. The lowest BCUT2D eigenvalue weighted by Crippen LogP contribution is -2.26. The van der Waals surface area contributed by atoms with Gasteiger partial charge in [-0.2, -0.15) is 10.2 Å². The van der Waals surface area contributed by atoms with E-state index in [1.54, 1.807) is 44.7 Å². The third-order valence-corrected chi connectivity index (χ3v) is 5.30. The van der Waals surface area contributed by atoms with E-state index in [9.17, 15) is 18.4 Å². The van der Waals surface area contributed by atoms with Gasteiger partial charge in [-0.3, -0.25) is 18.7 Å². The summed E-state index contributed by atoms with van der Waals surface area (Å²) in [5, 5.41) is 11.4. The van der Waals surface area contributed by atoms with Crippen molar-refractivity contribution in [2.24, 2.45) is 0 Å². The molecule has 0 aliphatic heterocycles. The standard InChI is InChI=1S/C24H25F2N7O3.C2H6/c1-15(26)36-20-6-5-16(7-8-25)11-17(20)22-19(13-32(30-22)14-21(34)31(2)3)29-24(35)18-12-28-33-10-4-9-27-23(18)33;1-2/h4-6,9-13,15H,7-8,14H2,1-3H3,(H,29,35);1-2H3. The van der Waals surface area contributed by atoms with Gasteiger partial charge >= 0.3 is 0 Å². The van der Waals surface area contributed by atoms with Crippen molar-refractivity contribution < 1.29 is 23.1 Å². The van der Waals surface area contributed by atoms with Gasteiger partial charge in [0, 0.05) is 51.6 Å². The zero-order valence-electron chi connectivity index (χ0n) is 22.0. The first kappa shape index (κ1) is 28.2. The summed E-state index contributed by atoms with van der Waals surface area (Å²) in [4.78, 5) is 31.1. The molecule has 0 saturated heterocycles. The van der Waals surface area contributed by atoms with Crippen molar-refractivity contribution in [2.75, 3.05) is 26.1 Å². The normalized spacial score (nSPS) is 11.4. The molecule has 0 aliphatic rings. The minimum Gasteiger partial charge on any atom is -0.460 e. The Morgan fingerprint density at radius 1 is 1.24 bits per heavy atom. The minimum atomic E-state index is -1.63. The molecule has 3 heterocycles. The molecule has 202 valence electrons.